The Labute approximate surface area is 109 Å². The van der Waals surface area contributed by atoms with E-state index in [1.807, 2.05) is 29.8 Å². The van der Waals surface area contributed by atoms with Gasteiger partial charge in [-0.25, -0.2) is 4.98 Å². The number of anilines is 2. The zero-order chi connectivity index (χ0) is 12.4. The quantitative estimate of drug-likeness (QED) is 0.704. The van der Waals surface area contributed by atoms with E-state index in [0.717, 1.165) is 28.1 Å². The predicted molar refractivity (Wildman–Crippen MR) is 77.8 cm³/mol. The third kappa shape index (κ3) is 2.02. The second kappa shape index (κ2) is 4.66. The van der Waals surface area contributed by atoms with Crippen LogP contribution in [0.25, 0.3) is 10.2 Å². The maximum atomic E-state index is 6.11. The zero-order valence-electron chi connectivity index (χ0n) is 9.76. The largest absolute Gasteiger partial charge is 0.395 e. The van der Waals surface area contributed by atoms with Gasteiger partial charge in [-0.1, -0.05) is 30.3 Å². The molecule has 2 aromatic carbocycles. The van der Waals surface area contributed by atoms with Gasteiger partial charge < -0.3 is 11.1 Å². The van der Waals surface area contributed by atoms with Gasteiger partial charge in [-0.3, -0.25) is 0 Å². The molecule has 0 fully saturated rings. The molecule has 0 bridgehead atoms. The van der Waals surface area contributed by atoms with Crippen molar-refractivity contribution in [2.24, 2.45) is 0 Å². The number of nitrogens with zero attached hydrogens (tertiary/aromatic N) is 1. The number of thiazole rings is 1. The van der Waals surface area contributed by atoms with Crippen molar-refractivity contribution >= 4 is 32.9 Å². The molecule has 4 heteroatoms. The lowest BCUT2D eigenvalue weighted by Gasteiger charge is -2.09. The summed E-state index contributed by atoms with van der Waals surface area (Å²) in [5.41, 5.74) is 11.7. The smallest absolute Gasteiger partial charge is 0.106 e. The van der Waals surface area contributed by atoms with Gasteiger partial charge in [0.25, 0.3) is 0 Å². The average molecular weight is 255 g/mol. The molecule has 0 atom stereocenters. The van der Waals surface area contributed by atoms with E-state index in [0.29, 0.717) is 0 Å². The number of aromatic nitrogens is 1. The summed E-state index contributed by atoms with van der Waals surface area (Å²) in [4.78, 5) is 4.29. The van der Waals surface area contributed by atoms with Crippen molar-refractivity contribution in [2.45, 2.75) is 6.54 Å². The molecule has 0 aliphatic rings. The summed E-state index contributed by atoms with van der Waals surface area (Å²) in [5, 5.41) is 3.35. The van der Waals surface area contributed by atoms with Crippen molar-refractivity contribution in [3.63, 3.8) is 0 Å². The predicted octanol–water partition coefficient (Wildman–Crippen LogP) is 3.49. The standard InChI is InChI=1S/C14H13N3S/c15-13-11(6-7-12-14(13)17-9-18-12)16-8-10-4-2-1-3-5-10/h1-7,9,16H,8,15H2. The number of fused-ring (bicyclic) bond motifs is 1. The molecule has 3 rings (SSSR count). The van der Waals surface area contributed by atoms with Gasteiger partial charge in [0, 0.05) is 6.54 Å². The van der Waals surface area contributed by atoms with Crippen LogP contribution in [0.1, 0.15) is 5.56 Å². The van der Waals surface area contributed by atoms with Crippen LogP contribution in [0, 0.1) is 0 Å². The third-order valence-corrected chi connectivity index (χ3v) is 3.66. The average Bonchev–Trinajstić information content (AvgIpc) is 2.88. The van der Waals surface area contributed by atoms with Gasteiger partial charge in [-0.05, 0) is 17.7 Å². The van der Waals surface area contributed by atoms with E-state index >= 15 is 0 Å². The second-order valence-electron chi connectivity index (χ2n) is 4.07. The molecule has 3 nitrogen and oxygen atoms in total. The number of hydrogen-bond acceptors (Lipinski definition) is 4. The Balaban J connectivity index is 1.84. The minimum absolute atomic E-state index is 0.727. The first-order chi connectivity index (χ1) is 8.84. The molecule has 3 aromatic rings. The molecule has 1 aromatic heterocycles. The van der Waals surface area contributed by atoms with E-state index in [-0.39, 0.29) is 0 Å². The number of benzene rings is 2. The molecule has 0 unspecified atom stereocenters. The van der Waals surface area contributed by atoms with Crippen LogP contribution < -0.4 is 11.1 Å². The number of hydrogen-bond donors (Lipinski definition) is 2. The maximum absolute atomic E-state index is 6.11. The van der Waals surface area contributed by atoms with Crippen molar-refractivity contribution in [3.8, 4) is 0 Å². The van der Waals surface area contributed by atoms with Gasteiger partial charge in [0.1, 0.15) is 5.52 Å². The van der Waals surface area contributed by atoms with Crippen LogP contribution in [0.5, 0.6) is 0 Å². The maximum Gasteiger partial charge on any atom is 0.106 e. The summed E-state index contributed by atoms with van der Waals surface area (Å²) >= 11 is 1.61. The topological polar surface area (TPSA) is 50.9 Å². The summed E-state index contributed by atoms with van der Waals surface area (Å²) in [6, 6.07) is 14.3. The van der Waals surface area contributed by atoms with Crippen LogP contribution in [0.2, 0.25) is 0 Å². The van der Waals surface area contributed by atoms with Crippen LogP contribution in [-0.2, 0) is 6.54 Å². The van der Waals surface area contributed by atoms with Crippen LogP contribution in [0.4, 0.5) is 11.4 Å². The molecular formula is C14H13N3S. The molecule has 0 aliphatic carbocycles. The zero-order valence-corrected chi connectivity index (χ0v) is 10.6. The molecule has 3 N–H and O–H groups in total. The fourth-order valence-electron chi connectivity index (χ4n) is 1.90. The highest BCUT2D eigenvalue weighted by Crippen LogP contribution is 2.30. The van der Waals surface area contributed by atoms with Gasteiger partial charge in [-0.2, -0.15) is 0 Å². The fraction of sp³-hybridized carbons (Fsp3) is 0.0714. The Bertz CT molecular complexity index is 661. The Morgan fingerprint density at radius 1 is 1.11 bits per heavy atom. The molecule has 0 amide bonds. The van der Waals surface area contributed by atoms with Crippen molar-refractivity contribution in [2.75, 3.05) is 11.1 Å². The van der Waals surface area contributed by atoms with Crippen molar-refractivity contribution in [1.29, 1.82) is 0 Å². The Kier molecular flexibility index (Phi) is 2.86. The third-order valence-electron chi connectivity index (χ3n) is 2.87. The van der Waals surface area contributed by atoms with E-state index in [4.69, 9.17) is 5.73 Å². The molecule has 0 aliphatic heterocycles. The van der Waals surface area contributed by atoms with Crippen molar-refractivity contribution in [1.82, 2.24) is 4.98 Å². The SMILES string of the molecule is Nc1c(NCc2ccccc2)ccc2scnc12. The normalized spacial score (nSPS) is 10.7. The van der Waals surface area contributed by atoms with E-state index in [9.17, 15) is 0 Å². The Hall–Kier alpha value is -2.07. The first kappa shape index (κ1) is 11.0. The van der Waals surface area contributed by atoms with Crippen molar-refractivity contribution < 1.29 is 0 Å². The van der Waals surface area contributed by atoms with Crippen molar-refractivity contribution in [3.05, 3.63) is 53.5 Å². The lowest BCUT2D eigenvalue weighted by molar-refractivity contribution is 1.15. The Morgan fingerprint density at radius 3 is 2.78 bits per heavy atom. The second-order valence-corrected chi connectivity index (χ2v) is 4.95. The van der Waals surface area contributed by atoms with E-state index in [1.54, 1.807) is 11.3 Å². The minimum Gasteiger partial charge on any atom is -0.395 e. The number of rotatable bonds is 3. The molecule has 90 valence electrons. The monoisotopic (exact) mass is 255 g/mol. The van der Waals surface area contributed by atoms with E-state index in [1.165, 1.54) is 5.56 Å². The van der Waals surface area contributed by atoms with Crippen LogP contribution in [0.3, 0.4) is 0 Å². The molecule has 0 saturated carbocycles. The Morgan fingerprint density at radius 2 is 1.94 bits per heavy atom. The lowest BCUT2D eigenvalue weighted by Crippen LogP contribution is -2.02. The highest BCUT2D eigenvalue weighted by Gasteiger charge is 2.06. The molecule has 1 heterocycles. The fourth-order valence-corrected chi connectivity index (χ4v) is 2.59. The highest BCUT2D eigenvalue weighted by molar-refractivity contribution is 7.16. The van der Waals surface area contributed by atoms with Gasteiger partial charge in [-0.15, -0.1) is 11.3 Å². The lowest BCUT2D eigenvalue weighted by atomic mass is 10.2. The minimum atomic E-state index is 0.727. The van der Waals surface area contributed by atoms with Crippen LogP contribution in [0.15, 0.2) is 48.0 Å². The number of nitrogen functional groups attached to an aromatic ring is 1. The summed E-state index contributed by atoms with van der Waals surface area (Å²) in [6.07, 6.45) is 0. The van der Waals surface area contributed by atoms with E-state index < -0.39 is 0 Å². The van der Waals surface area contributed by atoms with Gasteiger partial charge in [0.15, 0.2) is 0 Å². The van der Waals surface area contributed by atoms with Gasteiger partial charge in [0.2, 0.25) is 0 Å². The van der Waals surface area contributed by atoms with E-state index in [2.05, 4.69) is 28.5 Å². The van der Waals surface area contributed by atoms with Gasteiger partial charge in [0.05, 0.1) is 21.6 Å². The highest BCUT2D eigenvalue weighted by atomic mass is 32.1. The summed E-state index contributed by atoms with van der Waals surface area (Å²) in [6.45, 7) is 0.765. The van der Waals surface area contributed by atoms with Gasteiger partial charge >= 0.3 is 0 Å². The first-order valence-corrected chi connectivity index (χ1v) is 6.62. The molecule has 18 heavy (non-hydrogen) atoms. The van der Waals surface area contributed by atoms with Crippen LogP contribution >= 0.6 is 11.3 Å². The number of nitrogens with two attached hydrogens (primary N) is 1. The first-order valence-electron chi connectivity index (χ1n) is 5.74. The summed E-state index contributed by atoms with van der Waals surface area (Å²) < 4.78 is 1.12. The molecule has 0 saturated heterocycles. The molecule has 0 radical (unpaired) electrons. The summed E-state index contributed by atoms with van der Waals surface area (Å²) in [7, 11) is 0. The molecular weight excluding hydrogens is 242 g/mol. The summed E-state index contributed by atoms with van der Waals surface area (Å²) in [5.74, 6) is 0. The molecule has 0 spiro atoms. The van der Waals surface area contributed by atoms with Crippen LogP contribution in [-0.4, -0.2) is 4.98 Å². The number of nitrogens with one attached hydrogen (secondary N) is 1.